The second-order valence-electron chi connectivity index (χ2n) is 6.83. The molecule has 1 fully saturated rings. The van der Waals surface area contributed by atoms with E-state index in [9.17, 15) is 9.59 Å². The topological polar surface area (TPSA) is 79.3 Å². The Morgan fingerprint density at radius 2 is 2.16 bits per heavy atom. The molecule has 0 bridgehead atoms. The lowest BCUT2D eigenvalue weighted by atomic mass is 10.1. The van der Waals surface area contributed by atoms with Crippen LogP contribution in [0.3, 0.4) is 0 Å². The van der Waals surface area contributed by atoms with Crippen LogP contribution in [0.1, 0.15) is 38.5 Å². The van der Waals surface area contributed by atoms with Crippen LogP contribution < -0.4 is 21.1 Å². The van der Waals surface area contributed by atoms with Gasteiger partial charge in [-0.2, -0.15) is 0 Å². The molecule has 2 heterocycles. The number of anilines is 1. The maximum Gasteiger partial charge on any atom is 0.315 e. The minimum atomic E-state index is -0.0919. The van der Waals surface area contributed by atoms with Gasteiger partial charge in [-0.15, -0.1) is 0 Å². The van der Waals surface area contributed by atoms with E-state index in [2.05, 4.69) is 21.7 Å². The van der Waals surface area contributed by atoms with E-state index in [0.29, 0.717) is 12.4 Å². The van der Waals surface area contributed by atoms with Crippen molar-refractivity contribution in [3.05, 3.63) is 34.4 Å². The summed E-state index contributed by atoms with van der Waals surface area (Å²) in [4.78, 5) is 30.4. The maximum atomic E-state index is 12.1. The highest BCUT2D eigenvalue weighted by molar-refractivity contribution is 5.74. The van der Waals surface area contributed by atoms with Gasteiger partial charge in [0.1, 0.15) is 0 Å². The number of allylic oxidation sites excluding steroid dienone is 1. The van der Waals surface area contributed by atoms with Crippen molar-refractivity contribution in [1.29, 1.82) is 0 Å². The molecule has 2 aliphatic rings. The molecule has 1 aliphatic carbocycles. The molecule has 0 saturated carbocycles. The zero-order chi connectivity index (χ0) is 17.6. The van der Waals surface area contributed by atoms with Crippen molar-refractivity contribution in [3.8, 4) is 0 Å². The third-order valence-electron chi connectivity index (χ3n) is 5.00. The van der Waals surface area contributed by atoms with Gasteiger partial charge in [0.05, 0.1) is 0 Å². The number of rotatable bonds is 5. The van der Waals surface area contributed by atoms with Crippen LogP contribution in [-0.2, 0) is 7.05 Å². The Morgan fingerprint density at radius 3 is 2.88 bits per heavy atom. The predicted molar refractivity (Wildman–Crippen MR) is 97.8 cm³/mol. The summed E-state index contributed by atoms with van der Waals surface area (Å²) in [7, 11) is 1.73. The van der Waals surface area contributed by atoms with Crippen molar-refractivity contribution in [2.45, 2.75) is 44.6 Å². The standard InChI is InChI=1S/C18H27N5O2/c1-22-13-10-19-16(17(22)24)23-11-7-15(8-12-23)21-18(25)20-9-6-14-4-2-3-5-14/h4,10,13,15H,2-3,5-9,11-12H2,1H3,(H2,20,21,25). The van der Waals surface area contributed by atoms with Crippen LogP contribution in [0, 0.1) is 0 Å². The van der Waals surface area contributed by atoms with Crippen LogP contribution in [0.4, 0.5) is 10.6 Å². The van der Waals surface area contributed by atoms with E-state index >= 15 is 0 Å². The minimum Gasteiger partial charge on any atom is -0.352 e. The lowest BCUT2D eigenvalue weighted by Gasteiger charge is -2.32. The summed E-state index contributed by atoms with van der Waals surface area (Å²) >= 11 is 0. The van der Waals surface area contributed by atoms with Crippen LogP contribution in [-0.4, -0.2) is 41.3 Å². The van der Waals surface area contributed by atoms with E-state index in [1.165, 1.54) is 24.8 Å². The lowest BCUT2D eigenvalue weighted by molar-refractivity contribution is 0.234. The Bertz CT molecular complexity index is 689. The van der Waals surface area contributed by atoms with Gasteiger partial charge in [-0.25, -0.2) is 9.78 Å². The number of hydrogen-bond acceptors (Lipinski definition) is 4. The molecule has 136 valence electrons. The molecule has 7 heteroatoms. The molecule has 1 aromatic heterocycles. The molecule has 0 unspecified atom stereocenters. The molecule has 1 aliphatic heterocycles. The van der Waals surface area contributed by atoms with Gasteiger partial charge in [0.25, 0.3) is 5.56 Å². The van der Waals surface area contributed by atoms with Gasteiger partial charge >= 0.3 is 6.03 Å². The van der Waals surface area contributed by atoms with Crippen molar-refractivity contribution in [1.82, 2.24) is 20.2 Å². The van der Waals surface area contributed by atoms with Gasteiger partial charge in [0.15, 0.2) is 5.82 Å². The Labute approximate surface area is 148 Å². The number of urea groups is 1. The van der Waals surface area contributed by atoms with E-state index in [1.54, 1.807) is 24.0 Å². The molecule has 7 nitrogen and oxygen atoms in total. The summed E-state index contributed by atoms with van der Waals surface area (Å²) in [6.07, 6.45) is 11.8. The number of nitrogens with zero attached hydrogens (tertiary/aromatic N) is 3. The lowest BCUT2D eigenvalue weighted by Crippen LogP contribution is -2.49. The SMILES string of the molecule is Cn1ccnc(N2CCC(NC(=O)NCCC3=CCCC3)CC2)c1=O. The van der Waals surface area contributed by atoms with Crippen molar-refractivity contribution in [2.24, 2.45) is 7.05 Å². The van der Waals surface area contributed by atoms with Gasteiger partial charge in [-0.1, -0.05) is 11.6 Å². The van der Waals surface area contributed by atoms with Crippen molar-refractivity contribution < 1.29 is 4.79 Å². The second kappa shape index (κ2) is 8.18. The molecule has 0 spiro atoms. The van der Waals surface area contributed by atoms with Crippen LogP contribution in [0.5, 0.6) is 0 Å². The number of aryl methyl sites for hydroxylation is 1. The summed E-state index contributed by atoms with van der Waals surface area (Å²) in [5.74, 6) is 0.498. The van der Waals surface area contributed by atoms with Gasteiger partial charge in [0.2, 0.25) is 0 Å². The third-order valence-corrected chi connectivity index (χ3v) is 5.00. The van der Waals surface area contributed by atoms with E-state index in [4.69, 9.17) is 0 Å². The number of carbonyl (C=O) groups excluding carboxylic acids is 1. The fourth-order valence-corrected chi connectivity index (χ4v) is 3.47. The zero-order valence-electron chi connectivity index (χ0n) is 14.8. The van der Waals surface area contributed by atoms with Gasteiger partial charge in [-0.3, -0.25) is 4.79 Å². The fourth-order valence-electron chi connectivity index (χ4n) is 3.47. The smallest absolute Gasteiger partial charge is 0.315 e. The largest absolute Gasteiger partial charge is 0.352 e. The molecule has 2 amide bonds. The molecular weight excluding hydrogens is 318 g/mol. The number of amides is 2. The van der Waals surface area contributed by atoms with E-state index in [-0.39, 0.29) is 17.6 Å². The molecule has 2 N–H and O–H groups in total. The molecule has 1 aromatic rings. The first-order chi connectivity index (χ1) is 12.1. The van der Waals surface area contributed by atoms with E-state index < -0.39 is 0 Å². The molecule has 25 heavy (non-hydrogen) atoms. The van der Waals surface area contributed by atoms with Crippen molar-refractivity contribution >= 4 is 11.8 Å². The Hall–Kier alpha value is -2.31. The van der Waals surface area contributed by atoms with Crippen LogP contribution in [0.2, 0.25) is 0 Å². The molecule has 3 rings (SSSR count). The molecule has 0 radical (unpaired) electrons. The normalized spacial score (nSPS) is 18.1. The maximum absolute atomic E-state index is 12.1. The monoisotopic (exact) mass is 345 g/mol. The van der Waals surface area contributed by atoms with Crippen molar-refractivity contribution in [2.75, 3.05) is 24.5 Å². The molecule has 0 atom stereocenters. The number of carbonyl (C=O) groups is 1. The van der Waals surface area contributed by atoms with E-state index in [0.717, 1.165) is 32.4 Å². The fraction of sp³-hybridized carbons (Fsp3) is 0.611. The number of hydrogen-bond donors (Lipinski definition) is 2. The Balaban J connectivity index is 1.40. The summed E-state index contributed by atoms with van der Waals surface area (Å²) in [5, 5.41) is 5.99. The number of nitrogens with one attached hydrogen (secondary N) is 2. The summed E-state index contributed by atoms with van der Waals surface area (Å²) in [6, 6.07) is 0.0558. The minimum absolute atomic E-state index is 0.0760. The van der Waals surface area contributed by atoms with Crippen molar-refractivity contribution in [3.63, 3.8) is 0 Å². The highest BCUT2D eigenvalue weighted by atomic mass is 16.2. The van der Waals surface area contributed by atoms with Gasteiger partial charge < -0.3 is 20.1 Å². The van der Waals surface area contributed by atoms with Crippen LogP contribution in [0.15, 0.2) is 28.8 Å². The summed E-state index contributed by atoms with van der Waals surface area (Å²) < 4.78 is 1.54. The van der Waals surface area contributed by atoms with Crippen LogP contribution >= 0.6 is 0 Å². The van der Waals surface area contributed by atoms with Gasteiger partial charge in [-0.05, 0) is 38.5 Å². The molecule has 0 aromatic carbocycles. The molecule has 1 saturated heterocycles. The highest BCUT2D eigenvalue weighted by Gasteiger charge is 2.23. The zero-order valence-corrected chi connectivity index (χ0v) is 14.8. The first-order valence-corrected chi connectivity index (χ1v) is 9.12. The molecular formula is C18H27N5O2. The number of aromatic nitrogens is 2. The first-order valence-electron chi connectivity index (χ1n) is 9.12. The van der Waals surface area contributed by atoms with Gasteiger partial charge in [0, 0.05) is 45.1 Å². The Morgan fingerprint density at radius 1 is 1.36 bits per heavy atom. The van der Waals surface area contributed by atoms with E-state index in [1.807, 2.05) is 4.90 Å². The Kier molecular flexibility index (Phi) is 5.73. The third kappa shape index (κ3) is 4.61. The second-order valence-corrected chi connectivity index (χ2v) is 6.83. The summed E-state index contributed by atoms with van der Waals surface area (Å²) in [5.41, 5.74) is 1.39. The quantitative estimate of drug-likeness (QED) is 0.794. The predicted octanol–water partition coefficient (Wildman–Crippen LogP) is 1.55. The summed E-state index contributed by atoms with van der Waals surface area (Å²) in [6.45, 7) is 2.15. The first kappa shape index (κ1) is 17.5. The highest BCUT2D eigenvalue weighted by Crippen LogP contribution is 2.19. The van der Waals surface area contributed by atoms with Crippen LogP contribution in [0.25, 0.3) is 0 Å². The average molecular weight is 345 g/mol. The number of piperidine rings is 1. The average Bonchev–Trinajstić information content (AvgIpc) is 3.12.